The Morgan fingerprint density at radius 2 is 1.71 bits per heavy atom. The van der Waals surface area contributed by atoms with Crippen LogP contribution in [-0.4, -0.2) is 43.4 Å². The molecule has 126 valence electrons. The summed E-state index contributed by atoms with van der Waals surface area (Å²) in [5.41, 5.74) is 1.77. The highest BCUT2D eigenvalue weighted by Crippen LogP contribution is 2.19. The molecule has 0 aliphatic rings. The molecular weight excluding hydrogens is 328 g/mol. The zero-order valence-electron chi connectivity index (χ0n) is 13.7. The number of nitrogens with one attached hydrogen (secondary N) is 1. The quantitative estimate of drug-likeness (QED) is 0.844. The van der Waals surface area contributed by atoms with Crippen LogP contribution in [0.25, 0.3) is 0 Å². The molecule has 0 saturated heterocycles. The molecule has 24 heavy (non-hydrogen) atoms. The smallest absolute Gasteiger partial charge is 0.348 e. The topological polar surface area (TPSA) is 75.7 Å². The maximum absolute atomic E-state index is 12.3. The van der Waals surface area contributed by atoms with Gasteiger partial charge in [0.25, 0.3) is 5.91 Å². The van der Waals surface area contributed by atoms with Crippen molar-refractivity contribution in [2.24, 2.45) is 0 Å². The minimum atomic E-state index is -0.487. The summed E-state index contributed by atoms with van der Waals surface area (Å²) in [4.78, 5) is 37.8. The van der Waals surface area contributed by atoms with E-state index >= 15 is 0 Å². The number of esters is 1. The number of hydrogen-bond acceptors (Lipinski definition) is 5. The lowest BCUT2D eigenvalue weighted by atomic mass is 10.2. The SMILES string of the molecule is COC(=O)c1ccc(C(=O)N(C)CC(=O)Nc2ccc(C)cc2)s1. The van der Waals surface area contributed by atoms with Crippen LogP contribution in [0.3, 0.4) is 0 Å². The Labute approximate surface area is 144 Å². The van der Waals surface area contributed by atoms with Crippen LogP contribution in [0.1, 0.15) is 24.9 Å². The van der Waals surface area contributed by atoms with Gasteiger partial charge in [-0.2, -0.15) is 0 Å². The van der Waals surface area contributed by atoms with Crippen molar-refractivity contribution in [3.05, 3.63) is 51.7 Å². The van der Waals surface area contributed by atoms with Gasteiger partial charge in [-0.15, -0.1) is 11.3 Å². The molecule has 0 bridgehead atoms. The molecule has 0 saturated carbocycles. The highest BCUT2D eigenvalue weighted by Gasteiger charge is 2.19. The number of benzene rings is 1. The first-order valence-corrected chi connectivity index (χ1v) is 8.02. The Balaban J connectivity index is 1.95. The molecule has 0 radical (unpaired) electrons. The van der Waals surface area contributed by atoms with Crippen molar-refractivity contribution >= 4 is 34.8 Å². The van der Waals surface area contributed by atoms with E-state index in [9.17, 15) is 14.4 Å². The molecule has 0 aliphatic carbocycles. The van der Waals surface area contributed by atoms with Gasteiger partial charge in [0.1, 0.15) is 4.88 Å². The lowest BCUT2D eigenvalue weighted by molar-refractivity contribution is -0.116. The number of methoxy groups -OCH3 is 1. The predicted octanol–water partition coefficient (Wildman–Crippen LogP) is 2.55. The van der Waals surface area contributed by atoms with Crippen molar-refractivity contribution in [2.75, 3.05) is 26.0 Å². The number of thiophene rings is 1. The molecule has 0 aliphatic heterocycles. The Hall–Kier alpha value is -2.67. The van der Waals surface area contributed by atoms with Gasteiger partial charge in [-0.25, -0.2) is 4.79 Å². The largest absolute Gasteiger partial charge is 0.465 e. The maximum atomic E-state index is 12.3. The summed E-state index contributed by atoms with van der Waals surface area (Å²) >= 11 is 1.04. The van der Waals surface area contributed by atoms with Gasteiger partial charge in [0.15, 0.2) is 0 Å². The van der Waals surface area contributed by atoms with Crippen LogP contribution >= 0.6 is 11.3 Å². The molecule has 1 N–H and O–H groups in total. The number of amides is 2. The number of carbonyl (C=O) groups is 3. The van der Waals surface area contributed by atoms with Gasteiger partial charge in [0.2, 0.25) is 5.91 Å². The van der Waals surface area contributed by atoms with Crippen LogP contribution in [0.4, 0.5) is 5.69 Å². The number of anilines is 1. The van der Waals surface area contributed by atoms with E-state index < -0.39 is 5.97 Å². The van der Waals surface area contributed by atoms with Crippen molar-refractivity contribution in [1.82, 2.24) is 4.90 Å². The average Bonchev–Trinajstić information content (AvgIpc) is 3.05. The van der Waals surface area contributed by atoms with Crippen LogP contribution in [0.15, 0.2) is 36.4 Å². The summed E-state index contributed by atoms with van der Waals surface area (Å²) in [6.07, 6.45) is 0. The minimum Gasteiger partial charge on any atom is -0.465 e. The lowest BCUT2D eigenvalue weighted by Gasteiger charge is -2.16. The summed E-state index contributed by atoms with van der Waals surface area (Å²) in [6, 6.07) is 10.5. The van der Waals surface area contributed by atoms with Gasteiger partial charge in [-0.1, -0.05) is 17.7 Å². The third kappa shape index (κ3) is 4.42. The second-order valence-electron chi connectivity index (χ2n) is 5.23. The molecule has 1 heterocycles. The first-order valence-electron chi connectivity index (χ1n) is 7.21. The van der Waals surface area contributed by atoms with Gasteiger partial charge < -0.3 is 15.0 Å². The Morgan fingerprint density at radius 3 is 2.33 bits per heavy atom. The number of hydrogen-bond donors (Lipinski definition) is 1. The minimum absolute atomic E-state index is 0.0852. The van der Waals surface area contributed by atoms with E-state index in [0.717, 1.165) is 16.9 Å². The standard InChI is InChI=1S/C17H18N2O4S/c1-11-4-6-12(7-5-11)18-15(20)10-19(2)16(21)13-8-9-14(24-13)17(22)23-3/h4-9H,10H2,1-3H3,(H,18,20). The lowest BCUT2D eigenvalue weighted by Crippen LogP contribution is -2.34. The summed E-state index contributed by atoms with van der Waals surface area (Å²) in [5, 5.41) is 2.74. The molecule has 0 fully saturated rings. The predicted molar refractivity (Wildman–Crippen MR) is 92.4 cm³/mol. The molecule has 2 rings (SSSR count). The van der Waals surface area contributed by atoms with Gasteiger partial charge in [-0.05, 0) is 31.2 Å². The van der Waals surface area contributed by atoms with Gasteiger partial charge in [0.05, 0.1) is 18.5 Å². The van der Waals surface area contributed by atoms with E-state index in [1.165, 1.54) is 25.1 Å². The molecular formula is C17H18N2O4S. The molecule has 0 unspecified atom stereocenters. The van der Waals surface area contributed by atoms with Crippen LogP contribution in [-0.2, 0) is 9.53 Å². The van der Waals surface area contributed by atoms with Crippen molar-refractivity contribution in [2.45, 2.75) is 6.92 Å². The number of ether oxygens (including phenoxy) is 1. The molecule has 2 amide bonds. The van der Waals surface area contributed by atoms with Crippen molar-refractivity contribution in [1.29, 1.82) is 0 Å². The van der Waals surface area contributed by atoms with E-state index in [1.807, 2.05) is 19.1 Å². The van der Waals surface area contributed by atoms with Crippen molar-refractivity contribution < 1.29 is 19.1 Å². The maximum Gasteiger partial charge on any atom is 0.348 e. The zero-order chi connectivity index (χ0) is 17.7. The van der Waals surface area contributed by atoms with Gasteiger partial charge >= 0.3 is 5.97 Å². The van der Waals surface area contributed by atoms with E-state index in [1.54, 1.807) is 18.2 Å². The van der Waals surface area contributed by atoms with Gasteiger partial charge in [0, 0.05) is 12.7 Å². The van der Waals surface area contributed by atoms with Crippen molar-refractivity contribution in [3.63, 3.8) is 0 Å². The van der Waals surface area contributed by atoms with E-state index in [2.05, 4.69) is 10.1 Å². The second kappa shape index (κ2) is 7.74. The molecule has 1 aromatic carbocycles. The second-order valence-corrected chi connectivity index (χ2v) is 6.31. The Bertz CT molecular complexity index is 752. The Morgan fingerprint density at radius 1 is 1.08 bits per heavy atom. The summed E-state index contributed by atoms with van der Waals surface area (Å²) < 4.78 is 4.61. The fraction of sp³-hybridized carbons (Fsp3) is 0.235. The first-order chi connectivity index (χ1) is 11.4. The van der Waals surface area contributed by atoms with E-state index in [-0.39, 0.29) is 18.4 Å². The molecule has 0 atom stereocenters. The summed E-state index contributed by atoms with van der Waals surface area (Å²) in [5.74, 6) is -1.10. The average molecular weight is 346 g/mol. The Kier molecular flexibility index (Phi) is 5.70. The van der Waals surface area contributed by atoms with Crippen LogP contribution in [0.2, 0.25) is 0 Å². The highest BCUT2D eigenvalue weighted by molar-refractivity contribution is 7.15. The normalized spacial score (nSPS) is 10.1. The fourth-order valence-corrected chi connectivity index (χ4v) is 2.89. The summed E-state index contributed by atoms with van der Waals surface area (Å²) in [7, 11) is 2.82. The molecule has 2 aromatic rings. The van der Waals surface area contributed by atoms with Crippen LogP contribution in [0.5, 0.6) is 0 Å². The van der Waals surface area contributed by atoms with Crippen molar-refractivity contribution in [3.8, 4) is 0 Å². The first kappa shape index (κ1) is 17.7. The van der Waals surface area contributed by atoms with E-state index in [0.29, 0.717) is 15.4 Å². The highest BCUT2D eigenvalue weighted by atomic mass is 32.1. The molecule has 7 heteroatoms. The summed E-state index contributed by atoms with van der Waals surface area (Å²) in [6.45, 7) is 1.87. The number of nitrogens with zero attached hydrogens (tertiary/aromatic N) is 1. The zero-order valence-corrected chi connectivity index (χ0v) is 14.5. The monoisotopic (exact) mass is 346 g/mol. The third-order valence-corrected chi connectivity index (χ3v) is 4.32. The van der Waals surface area contributed by atoms with Gasteiger partial charge in [-0.3, -0.25) is 9.59 Å². The molecule has 0 spiro atoms. The number of carbonyl (C=O) groups excluding carboxylic acids is 3. The fourth-order valence-electron chi connectivity index (χ4n) is 1.98. The third-order valence-electron chi connectivity index (χ3n) is 3.27. The molecule has 1 aromatic heterocycles. The molecule has 6 nitrogen and oxygen atoms in total. The number of rotatable bonds is 5. The number of likely N-dealkylation sites (N-methyl/N-ethyl adjacent to an activating group) is 1. The van der Waals surface area contributed by atoms with Crippen LogP contribution < -0.4 is 5.32 Å². The van der Waals surface area contributed by atoms with E-state index in [4.69, 9.17) is 0 Å². The number of aryl methyl sites for hydroxylation is 1. The van der Waals surface area contributed by atoms with Crippen LogP contribution in [0, 0.1) is 6.92 Å².